The lowest BCUT2D eigenvalue weighted by Crippen LogP contribution is -2.33. The number of nitrogens with zero attached hydrogens (tertiary/aromatic N) is 1. The molecule has 0 aromatic heterocycles. The van der Waals surface area contributed by atoms with Crippen molar-refractivity contribution in [3.05, 3.63) is 22.2 Å². The summed E-state index contributed by atoms with van der Waals surface area (Å²) in [5, 5.41) is 3.57. The second-order valence-corrected chi connectivity index (χ2v) is 6.59. The average molecular weight is 330 g/mol. The van der Waals surface area contributed by atoms with E-state index < -0.39 is 0 Å². The van der Waals surface area contributed by atoms with Crippen LogP contribution in [0.2, 0.25) is 10.0 Å². The molecule has 1 saturated carbocycles. The summed E-state index contributed by atoms with van der Waals surface area (Å²) in [4.78, 5) is 14.1. The van der Waals surface area contributed by atoms with Gasteiger partial charge in [0.1, 0.15) is 0 Å². The van der Waals surface area contributed by atoms with Gasteiger partial charge in [0, 0.05) is 11.6 Å². The maximum absolute atomic E-state index is 12.1. The van der Waals surface area contributed by atoms with Crippen molar-refractivity contribution in [3.63, 3.8) is 0 Å². The van der Waals surface area contributed by atoms with Gasteiger partial charge in [-0.15, -0.1) is 0 Å². The fraction of sp³-hybridized carbons (Fsp3) is 0.533. The first-order valence-electron chi connectivity index (χ1n) is 7.18. The molecule has 1 fully saturated rings. The molecule has 116 valence electrons. The second-order valence-electron chi connectivity index (χ2n) is 5.75. The van der Waals surface area contributed by atoms with Crippen LogP contribution in [0.5, 0.6) is 0 Å². The Bertz CT molecular complexity index is 493. The van der Waals surface area contributed by atoms with Crippen LogP contribution in [0.15, 0.2) is 12.1 Å². The zero-order chi connectivity index (χ0) is 15.4. The lowest BCUT2D eigenvalue weighted by molar-refractivity contribution is -0.117. The van der Waals surface area contributed by atoms with Crippen molar-refractivity contribution in [2.45, 2.75) is 25.7 Å². The number of amides is 1. The van der Waals surface area contributed by atoms with Crippen molar-refractivity contribution < 1.29 is 4.79 Å². The van der Waals surface area contributed by atoms with Crippen LogP contribution in [0.4, 0.5) is 11.4 Å². The summed E-state index contributed by atoms with van der Waals surface area (Å²) in [7, 11) is 1.96. The monoisotopic (exact) mass is 329 g/mol. The fourth-order valence-corrected chi connectivity index (χ4v) is 3.40. The number of likely N-dealkylation sites (N-methyl/N-ethyl adjacent to an activating group) is 1. The summed E-state index contributed by atoms with van der Waals surface area (Å²) in [6.07, 6.45) is 5.15. The molecule has 4 nitrogen and oxygen atoms in total. The number of hydrogen-bond acceptors (Lipinski definition) is 3. The van der Waals surface area contributed by atoms with E-state index in [4.69, 9.17) is 28.9 Å². The lowest BCUT2D eigenvalue weighted by atomic mass is 10.1. The Morgan fingerprint density at radius 2 is 2.05 bits per heavy atom. The van der Waals surface area contributed by atoms with E-state index in [-0.39, 0.29) is 5.91 Å². The lowest BCUT2D eigenvalue weighted by Gasteiger charge is -2.20. The molecule has 0 heterocycles. The number of benzene rings is 1. The standard InChI is InChI=1S/C15H21Cl2N3O/c1-20(8-10-4-2-3-5-10)9-14(21)19-15-12(17)6-11(16)7-13(15)18/h6-7,10H,2-5,8-9,18H2,1H3,(H,19,21). The molecule has 1 aromatic carbocycles. The average Bonchev–Trinajstić information content (AvgIpc) is 2.86. The molecule has 1 amide bonds. The maximum Gasteiger partial charge on any atom is 0.238 e. The molecule has 0 unspecified atom stereocenters. The van der Waals surface area contributed by atoms with Crippen molar-refractivity contribution in [1.82, 2.24) is 4.90 Å². The van der Waals surface area contributed by atoms with Gasteiger partial charge in [-0.25, -0.2) is 0 Å². The third-order valence-electron chi connectivity index (χ3n) is 3.81. The molecule has 0 spiro atoms. The largest absolute Gasteiger partial charge is 0.397 e. The molecule has 3 N–H and O–H groups in total. The molecular formula is C15H21Cl2N3O. The van der Waals surface area contributed by atoms with E-state index >= 15 is 0 Å². The normalized spacial score (nSPS) is 15.6. The van der Waals surface area contributed by atoms with Crippen molar-refractivity contribution in [2.75, 3.05) is 31.2 Å². The van der Waals surface area contributed by atoms with Crippen LogP contribution >= 0.6 is 23.2 Å². The molecule has 1 aromatic rings. The Kier molecular flexibility index (Phi) is 5.73. The molecule has 0 saturated heterocycles. The number of anilines is 2. The van der Waals surface area contributed by atoms with Gasteiger partial charge in [-0.1, -0.05) is 36.0 Å². The van der Waals surface area contributed by atoms with E-state index in [1.807, 2.05) is 11.9 Å². The van der Waals surface area contributed by atoms with E-state index in [0.717, 1.165) is 6.54 Å². The van der Waals surface area contributed by atoms with E-state index in [0.29, 0.717) is 33.9 Å². The van der Waals surface area contributed by atoms with E-state index in [9.17, 15) is 4.79 Å². The number of nitrogens with one attached hydrogen (secondary N) is 1. The fourth-order valence-electron chi connectivity index (χ4n) is 2.85. The Labute approximate surface area is 135 Å². The Morgan fingerprint density at radius 3 is 2.67 bits per heavy atom. The van der Waals surface area contributed by atoms with Crippen LogP contribution in [0.3, 0.4) is 0 Å². The van der Waals surface area contributed by atoms with Gasteiger partial charge in [0.25, 0.3) is 0 Å². The van der Waals surface area contributed by atoms with Crippen LogP contribution < -0.4 is 11.1 Å². The number of nitrogen functional groups attached to an aromatic ring is 1. The van der Waals surface area contributed by atoms with Crippen molar-refractivity contribution in [1.29, 1.82) is 0 Å². The third-order valence-corrected chi connectivity index (χ3v) is 4.32. The minimum absolute atomic E-state index is 0.119. The van der Waals surface area contributed by atoms with E-state index in [1.54, 1.807) is 12.1 Å². The van der Waals surface area contributed by atoms with Gasteiger partial charge >= 0.3 is 0 Å². The summed E-state index contributed by atoms with van der Waals surface area (Å²) in [5.41, 5.74) is 6.64. The van der Waals surface area contributed by atoms with Gasteiger partial charge in [-0.05, 0) is 37.9 Å². The molecule has 1 aliphatic carbocycles. The van der Waals surface area contributed by atoms with Crippen LogP contribution in [-0.4, -0.2) is 30.9 Å². The van der Waals surface area contributed by atoms with Crippen molar-refractivity contribution in [3.8, 4) is 0 Å². The maximum atomic E-state index is 12.1. The van der Waals surface area contributed by atoms with Crippen LogP contribution in [0.25, 0.3) is 0 Å². The third kappa shape index (κ3) is 4.77. The van der Waals surface area contributed by atoms with E-state index in [2.05, 4.69) is 5.32 Å². The topological polar surface area (TPSA) is 58.4 Å². The summed E-state index contributed by atoms with van der Waals surface area (Å²) in [5.74, 6) is 0.596. The van der Waals surface area contributed by atoms with Crippen molar-refractivity contribution in [2.24, 2.45) is 5.92 Å². The highest BCUT2D eigenvalue weighted by molar-refractivity contribution is 6.37. The summed E-state index contributed by atoms with van der Waals surface area (Å²) < 4.78 is 0. The molecule has 21 heavy (non-hydrogen) atoms. The first-order chi connectivity index (χ1) is 9.95. The molecule has 0 radical (unpaired) electrons. The number of nitrogens with two attached hydrogens (primary N) is 1. The van der Waals surface area contributed by atoms with E-state index in [1.165, 1.54) is 25.7 Å². The number of halogens is 2. The first kappa shape index (κ1) is 16.4. The Morgan fingerprint density at radius 1 is 1.38 bits per heavy atom. The molecule has 6 heteroatoms. The minimum atomic E-state index is -0.119. The highest BCUT2D eigenvalue weighted by Crippen LogP contribution is 2.32. The zero-order valence-corrected chi connectivity index (χ0v) is 13.7. The number of hydrogen-bond donors (Lipinski definition) is 2. The van der Waals surface area contributed by atoms with Crippen LogP contribution in [-0.2, 0) is 4.79 Å². The Balaban J connectivity index is 1.89. The van der Waals surface area contributed by atoms with Crippen molar-refractivity contribution >= 4 is 40.5 Å². The van der Waals surface area contributed by atoms with Gasteiger partial charge in [0.05, 0.1) is 22.9 Å². The Hall–Kier alpha value is -0.970. The SMILES string of the molecule is CN(CC(=O)Nc1c(N)cc(Cl)cc1Cl)CC1CCCC1. The van der Waals surface area contributed by atoms with Gasteiger partial charge in [0.15, 0.2) is 0 Å². The predicted octanol–water partition coefficient (Wildman–Crippen LogP) is 3.64. The zero-order valence-electron chi connectivity index (χ0n) is 12.2. The molecule has 2 rings (SSSR count). The molecule has 1 aliphatic rings. The van der Waals surface area contributed by atoms with Gasteiger partial charge in [-0.2, -0.15) is 0 Å². The number of carbonyl (C=O) groups excluding carboxylic acids is 1. The molecule has 0 bridgehead atoms. The molecule has 0 atom stereocenters. The molecule has 0 aliphatic heterocycles. The second kappa shape index (κ2) is 7.34. The quantitative estimate of drug-likeness (QED) is 0.811. The number of rotatable bonds is 5. The summed E-state index contributed by atoms with van der Waals surface area (Å²) in [6, 6.07) is 3.14. The van der Waals surface area contributed by atoms with Crippen LogP contribution in [0.1, 0.15) is 25.7 Å². The van der Waals surface area contributed by atoms with Gasteiger partial charge in [0.2, 0.25) is 5.91 Å². The molecular weight excluding hydrogens is 309 g/mol. The van der Waals surface area contributed by atoms with Gasteiger partial charge < -0.3 is 11.1 Å². The highest BCUT2D eigenvalue weighted by atomic mass is 35.5. The van der Waals surface area contributed by atoms with Crippen LogP contribution in [0, 0.1) is 5.92 Å². The first-order valence-corrected chi connectivity index (χ1v) is 7.94. The number of carbonyl (C=O) groups is 1. The smallest absolute Gasteiger partial charge is 0.238 e. The predicted molar refractivity (Wildman–Crippen MR) is 89.0 cm³/mol. The minimum Gasteiger partial charge on any atom is -0.397 e. The highest BCUT2D eigenvalue weighted by Gasteiger charge is 2.18. The van der Waals surface area contributed by atoms with Gasteiger partial charge in [-0.3, -0.25) is 9.69 Å². The summed E-state index contributed by atoms with van der Waals surface area (Å²) >= 11 is 11.9. The summed E-state index contributed by atoms with van der Waals surface area (Å²) in [6.45, 7) is 1.28.